The Labute approximate surface area is 172 Å². The number of hydrogen-bond donors (Lipinski definition) is 0. The van der Waals surface area contributed by atoms with Gasteiger partial charge in [0.25, 0.3) is 5.91 Å². The SMILES string of the molecule is CCOCCn1c(=NC(=O)C=Cc2ccccc2Cl)sc2cccc(OC)c21. The highest BCUT2D eigenvalue weighted by molar-refractivity contribution is 7.16. The molecule has 0 aliphatic heterocycles. The average Bonchev–Trinajstić information content (AvgIpc) is 3.04. The number of methoxy groups -OCH3 is 1. The topological polar surface area (TPSA) is 52.8 Å². The van der Waals surface area contributed by atoms with Crippen molar-refractivity contribution in [1.29, 1.82) is 0 Å². The lowest BCUT2D eigenvalue weighted by Crippen LogP contribution is -2.19. The van der Waals surface area contributed by atoms with Gasteiger partial charge in [-0.3, -0.25) is 4.79 Å². The summed E-state index contributed by atoms with van der Waals surface area (Å²) < 4.78 is 14.0. The second-order valence-corrected chi connectivity index (χ2v) is 7.26. The highest BCUT2D eigenvalue weighted by atomic mass is 35.5. The molecule has 2 aromatic carbocycles. The van der Waals surface area contributed by atoms with Crippen LogP contribution in [0.1, 0.15) is 12.5 Å². The van der Waals surface area contributed by atoms with Gasteiger partial charge in [-0.05, 0) is 36.8 Å². The molecule has 1 amide bonds. The first-order valence-corrected chi connectivity index (χ1v) is 10.1. The van der Waals surface area contributed by atoms with Crippen LogP contribution in [0.5, 0.6) is 5.75 Å². The van der Waals surface area contributed by atoms with Crippen molar-refractivity contribution in [3.8, 4) is 5.75 Å². The average molecular weight is 417 g/mol. The van der Waals surface area contributed by atoms with Gasteiger partial charge in [0.1, 0.15) is 11.3 Å². The van der Waals surface area contributed by atoms with Crippen LogP contribution in [0.3, 0.4) is 0 Å². The Bertz CT molecular complexity index is 1070. The molecule has 0 atom stereocenters. The summed E-state index contributed by atoms with van der Waals surface area (Å²) in [6.45, 7) is 3.68. The lowest BCUT2D eigenvalue weighted by molar-refractivity contribution is -0.113. The molecule has 0 bridgehead atoms. The van der Waals surface area contributed by atoms with E-state index in [9.17, 15) is 4.79 Å². The van der Waals surface area contributed by atoms with Gasteiger partial charge >= 0.3 is 0 Å². The fraction of sp³-hybridized carbons (Fsp3) is 0.238. The maximum Gasteiger partial charge on any atom is 0.272 e. The highest BCUT2D eigenvalue weighted by Gasteiger charge is 2.12. The molecule has 0 unspecified atom stereocenters. The Morgan fingerprint density at radius 1 is 1.25 bits per heavy atom. The molecule has 28 heavy (non-hydrogen) atoms. The number of hydrogen-bond acceptors (Lipinski definition) is 4. The molecule has 146 valence electrons. The van der Waals surface area contributed by atoms with Gasteiger partial charge in [0.15, 0.2) is 4.80 Å². The van der Waals surface area contributed by atoms with Crippen molar-refractivity contribution in [3.63, 3.8) is 0 Å². The van der Waals surface area contributed by atoms with E-state index in [-0.39, 0.29) is 5.91 Å². The lowest BCUT2D eigenvalue weighted by atomic mass is 10.2. The first-order valence-electron chi connectivity index (χ1n) is 8.89. The Kier molecular flexibility index (Phi) is 7.03. The smallest absolute Gasteiger partial charge is 0.272 e. The number of carbonyl (C=O) groups excluding carboxylic acids is 1. The van der Waals surface area contributed by atoms with Gasteiger partial charge in [-0.1, -0.05) is 47.2 Å². The van der Waals surface area contributed by atoms with E-state index in [1.807, 2.05) is 47.9 Å². The highest BCUT2D eigenvalue weighted by Crippen LogP contribution is 2.27. The van der Waals surface area contributed by atoms with Crippen LogP contribution < -0.4 is 9.54 Å². The van der Waals surface area contributed by atoms with Crippen LogP contribution in [0.2, 0.25) is 5.02 Å². The number of thiazole rings is 1. The Hall–Kier alpha value is -2.41. The van der Waals surface area contributed by atoms with E-state index in [2.05, 4.69) is 4.99 Å². The van der Waals surface area contributed by atoms with Gasteiger partial charge in [0, 0.05) is 24.3 Å². The van der Waals surface area contributed by atoms with Crippen molar-refractivity contribution >= 4 is 45.1 Å². The van der Waals surface area contributed by atoms with Gasteiger partial charge in [-0.15, -0.1) is 0 Å². The van der Waals surface area contributed by atoms with Gasteiger partial charge in [-0.25, -0.2) is 0 Å². The van der Waals surface area contributed by atoms with Crippen molar-refractivity contribution in [3.05, 3.63) is 63.9 Å². The molecule has 0 aliphatic carbocycles. The first kappa shape index (κ1) is 20.3. The first-order chi connectivity index (χ1) is 13.6. The molecule has 0 N–H and O–H groups in total. The van der Waals surface area contributed by atoms with Gasteiger partial charge < -0.3 is 14.0 Å². The quantitative estimate of drug-likeness (QED) is 0.419. The second-order valence-electron chi connectivity index (χ2n) is 5.85. The lowest BCUT2D eigenvalue weighted by Gasteiger charge is -2.08. The zero-order valence-electron chi connectivity index (χ0n) is 15.7. The van der Waals surface area contributed by atoms with Crippen LogP contribution in [0.25, 0.3) is 16.3 Å². The van der Waals surface area contributed by atoms with Crippen molar-refractivity contribution < 1.29 is 14.3 Å². The predicted octanol–water partition coefficient (Wildman–Crippen LogP) is 4.54. The summed E-state index contributed by atoms with van der Waals surface area (Å²) >= 11 is 7.57. The monoisotopic (exact) mass is 416 g/mol. The molecule has 0 saturated carbocycles. The summed E-state index contributed by atoms with van der Waals surface area (Å²) in [5.41, 5.74) is 1.69. The number of benzene rings is 2. The van der Waals surface area contributed by atoms with Crippen molar-refractivity contribution in [2.24, 2.45) is 4.99 Å². The minimum absolute atomic E-state index is 0.351. The Balaban J connectivity index is 1.99. The van der Waals surface area contributed by atoms with E-state index in [0.29, 0.717) is 29.6 Å². The number of nitrogens with zero attached hydrogens (tertiary/aromatic N) is 2. The molecule has 0 spiro atoms. The number of halogens is 1. The molecule has 0 saturated heterocycles. The minimum Gasteiger partial charge on any atom is -0.495 e. The third-order valence-corrected chi connectivity index (χ3v) is 5.45. The summed E-state index contributed by atoms with van der Waals surface area (Å²) in [6, 6.07) is 13.2. The minimum atomic E-state index is -0.351. The van der Waals surface area contributed by atoms with E-state index < -0.39 is 0 Å². The van der Waals surface area contributed by atoms with Crippen molar-refractivity contribution in [2.75, 3.05) is 20.3 Å². The van der Waals surface area contributed by atoms with E-state index in [1.165, 1.54) is 17.4 Å². The summed E-state index contributed by atoms with van der Waals surface area (Å²) in [5.74, 6) is 0.390. The van der Waals surface area contributed by atoms with Crippen LogP contribution in [0, 0.1) is 0 Å². The zero-order chi connectivity index (χ0) is 19.9. The zero-order valence-corrected chi connectivity index (χ0v) is 17.3. The number of carbonyl (C=O) groups is 1. The summed E-state index contributed by atoms with van der Waals surface area (Å²) in [7, 11) is 1.63. The molecule has 7 heteroatoms. The van der Waals surface area contributed by atoms with Crippen molar-refractivity contribution in [1.82, 2.24) is 4.57 Å². The summed E-state index contributed by atoms with van der Waals surface area (Å²) in [6.07, 6.45) is 3.10. The van der Waals surface area contributed by atoms with Crippen LogP contribution >= 0.6 is 22.9 Å². The van der Waals surface area contributed by atoms with E-state index in [0.717, 1.165) is 21.5 Å². The van der Waals surface area contributed by atoms with Gasteiger partial charge in [0.05, 0.1) is 18.4 Å². The van der Waals surface area contributed by atoms with E-state index in [1.54, 1.807) is 19.3 Å². The number of amides is 1. The van der Waals surface area contributed by atoms with Gasteiger partial charge in [-0.2, -0.15) is 4.99 Å². The largest absolute Gasteiger partial charge is 0.495 e. The normalized spacial score (nSPS) is 12.2. The molecule has 0 fully saturated rings. The number of para-hydroxylation sites is 1. The van der Waals surface area contributed by atoms with Crippen LogP contribution in [0.15, 0.2) is 53.5 Å². The molecule has 1 aromatic heterocycles. The van der Waals surface area contributed by atoms with Crippen molar-refractivity contribution in [2.45, 2.75) is 13.5 Å². The third-order valence-electron chi connectivity index (χ3n) is 4.06. The predicted molar refractivity (Wildman–Crippen MR) is 114 cm³/mol. The standard InChI is InChI=1S/C21H21ClN2O3S/c1-3-27-14-13-24-20-17(26-2)9-6-10-18(20)28-21(24)23-19(25)12-11-15-7-4-5-8-16(15)22/h4-12H,3,13-14H2,1-2H3. The molecule has 3 rings (SSSR count). The Morgan fingerprint density at radius 3 is 2.82 bits per heavy atom. The number of ether oxygens (including phenoxy) is 2. The molecule has 1 heterocycles. The molecular weight excluding hydrogens is 396 g/mol. The van der Waals surface area contributed by atoms with Gasteiger partial charge in [0.2, 0.25) is 0 Å². The van der Waals surface area contributed by atoms with E-state index in [4.69, 9.17) is 21.1 Å². The molecule has 3 aromatic rings. The summed E-state index contributed by atoms with van der Waals surface area (Å²) in [5, 5.41) is 0.588. The summed E-state index contributed by atoms with van der Waals surface area (Å²) in [4.78, 5) is 17.3. The maximum atomic E-state index is 12.4. The second kappa shape index (κ2) is 9.68. The van der Waals surface area contributed by atoms with E-state index >= 15 is 0 Å². The maximum absolute atomic E-state index is 12.4. The van der Waals surface area contributed by atoms with Crippen LogP contribution in [-0.4, -0.2) is 30.8 Å². The van der Waals surface area contributed by atoms with Crippen LogP contribution in [-0.2, 0) is 16.1 Å². The fourth-order valence-electron chi connectivity index (χ4n) is 2.76. The fourth-order valence-corrected chi connectivity index (χ4v) is 4.04. The van der Waals surface area contributed by atoms with Crippen LogP contribution in [0.4, 0.5) is 0 Å². The Morgan fingerprint density at radius 2 is 2.07 bits per heavy atom. The molecule has 0 radical (unpaired) electrons. The molecule has 5 nitrogen and oxygen atoms in total. The third kappa shape index (κ3) is 4.70. The number of fused-ring (bicyclic) bond motifs is 1. The molecular formula is C21H21ClN2O3S. The molecule has 0 aliphatic rings. The number of rotatable bonds is 7. The number of aromatic nitrogens is 1.